The molecule has 5 nitrogen and oxygen atoms in total. The average molecular weight is 357 g/mol. The van der Waals surface area contributed by atoms with E-state index >= 15 is 0 Å². The fourth-order valence-corrected chi connectivity index (χ4v) is 5.29. The molecule has 1 saturated heterocycles. The van der Waals surface area contributed by atoms with E-state index in [0.717, 1.165) is 30.9 Å². The summed E-state index contributed by atoms with van der Waals surface area (Å²) in [6.45, 7) is 4.48. The van der Waals surface area contributed by atoms with Gasteiger partial charge in [-0.25, -0.2) is 12.7 Å². The first kappa shape index (κ1) is 16.5. The van der Waals surface area contributed by atoms with Crippen LogP contribution < -0.4 is 4.90 Å². The summed E-state index contributed by atoms with van der Waals surface area (Å²) in [4.78, 5) is 7.01. The quantitative estimate of drug-likeness (QED) is 0.843. The number of hydrogen-bond donors (Lipinski definition) is 0. The monoisotopic (exact) mass is 357 g/mol. The van der Waals surface area contributed by atoms with Gasteiger partial charge in [-0.2, -0.15) is 0 Å². The normalized spacial score (nSPS) is 23.3. The van der Waals surface area contributed by atoms with E-state index in [9.17, 15) is 8.42 Å². The van der Waals surface area contributed by atoms with Crippen LogP contribution in [0.2, 0.25) is 0 Å². The first-order chi connectivity index (χ1) is 12.0. The highest BCUT2D eigenvalue weighted by molar-refractivity contribution is 7.89. The number of anilines is 1. The third kappa shape index (κ3) is 2.83. The lowest BCUT2D eigenvalue weighted by molar-refractivity contribution is 0.425. The molecule has 132 valence electrons. The van der Waals surface area contributed by atoms with Crippen molar-refractivity contribution in [3.63, 3.8) is 0 Å². The van der Waals surface area contributed by atoms with Crippen LogP contribution in [0.5, 0.6) is 0 Å². The molecule has 6 heteroatoms. The summed E-state index contributed by atoms with van der Waals surface area (Å²) in [5.74, 6) is 0.159. The second-order valence-corrected chi connectivity index (χ2v) is 9.23. The van der Waals surface area contributed by atoms with E-state index in [1.807, 2.05) is 18.3 Å². The van der Waals surface area contributed by atoms with E-state index in [-0.39, 0.29) is 11.2 Å². The first-order valence-corrected chi connectivity index (χ1v) is 10.4. The highest BCUT2D eigenvalue weighted by Crippen LogP contribution is 2.46. The van der Waals surface area contributed by atoms with Gasteiger partial charge in [0.1, 0.15) is 0 Å². The average Bonchev–Trinajstić information content (AvgIpc) is 3.20. The van der Waals surface area contributed by atoms with Crippen molar-refractivity contribution in [2.24, 2.45) is 0 Å². The van der Waals surface area contributed by atoms with Crippen molar-refractivity contribution in [2.75, 3.05) is 30.3 Å². The Morgan fingerprint density at radius 3 is 2.68 bits per heavy atom. The van der Waals surface area contributed by atoms with Gasteiger partial charge in [-0.1, -0.05) is 30.3 Å². The fraction of sp³-hybridized carbons (Fsp3) is 0.421. The summed E-state index contributed by atoms with van der Waals surface area (Å²) >= 11 is 0. The molecule has 1 atom stereocenters. The minimum absolute atomic E-state index is 0.159. The molecule has 0 N–H and O–H groups in total. The molecule has 0 saturated carbocycles. The maximum atomic E-state index is 12.3. The molecule has 1 fully saturated rings. The van der Waals surface area contributed by atoms with E-state index in [1.54, 1.807) is 11.2 Å². The zero-order chi connectivity index (χ0) is 17.5. The standard InChI is InChI=1S/C19H23N3O2S/c1-2-25(23,24)22-12-10-19(15-22)14-21(13-16-7-4-3-5-8-16)17-9-6-11-20-18(17)19/h3-9,11H,2,10,12-15H2,1H3/t19-/m1/s1. The van der Waals surface area contributed by atoms with Gasteiger partial charge in [-0.05, 0) is 31.0 Å². The molecule has 2 aliphatic rings. The van der Waals surface area contributed by atoms with E-state index in [1.165, 1.54) is 5.56 Å². The first-order valence-electron chi connectivity index (χ1n) is 8.76. The van der Waals surface area contributed by atoms with Crippen molar-refractivity contribution in [3.05, 3.63) is 59.9 Å². The smallest absolute Gasteiger partial charge is 0.213 e. The van der Waals surface area contributed by atoms with Gasteiger partial charge in [-0.3, -0.25) is 4.98 Å². The minimum Gasteiger partial charge on any atom is -0.365 e. The molecule has 0 unspecified atom stereocenters. The lowest BCUT2D eigenvalue weighted by Crippen LogP contribution is -2.38. The Hall–Kier alpha value is -1.92. The molecule has 2 aromatic rings. The fourth-order valence-electron chi connectivity index (χ4n) is 4.11. The molecule has 4 rings (SSSR count). The predicted molar refractivity (Wildman–Crippen MR) is 99.1 cm³/mol. The second-order valence-electron chi connectivity index (χ2n) is 6.98. The molecule has 2 aliphatic heterocycles. The van der Waals surface area contributed by atoms with Crippen LogP contribution in [0.15, 0.2) is 48.7 Å². The van der Waals surface area contributed by atoms with Gasteiger partial charge in [0.25, 0.3) is 0 Å². The SMILES string of the molecule is CCS(=O)(=O)N1CC[C@@]2(CN(Cc3ccccc3)c3cccnc32)C1. The van der Waals surface area contributed by atoms with Gasteiger partial charge < -0.3 is 4.90 Å². The molecule has 25 heavy (non-hydrogen) atoms. The number of rotatable bonds is 4. The van der Waals surface area contributed by atoms with Gasteiger partial charge in [0.15, 0.2) is 0 Å². The summed E-state index contributed by atoms with van der Waals surface area (Å²) in [6.07, 6.45) is 2.66. The molecular weight excluding hydrogens is 334 g/mol. The summed E-state index contributed by atoms with van der Waals surface area (Å²) in [7, 11) is -3.15. The Kier molecular flexibility index (Phi) is 4.04. The number of aromatic nitrogens is 1. The Morgan fingerprint density at radius 2 is 1.92 bits per heavy atom. The maximum absolute atomic E-state index is 12.3. The maximum Gasteiger partial charge on any atom is 0.213 e. The molecule has 0 aliphatic carbocycles. The highest BCUT2D eigenvalue weighted by atomic mass is 32.2. The van der Waals surface area contributed by atoms with Crippen LogP contribution >= 0.6 is 0 Å². The zero-order valence-electron chi connectivity index (χ0n) is 14.4. The van der Waals surface area contributed by atoms with Gasteiger partial charge >= 0.3 is 0 Å². The summed E-state index contributed by atoms with van der Waals surface area (Å²) < 4.78 is 26.3. The van der Waals surface area contributed by atoms with Crippen LogP contribution in [-0.4, -0.2) is 43.1 Å². The van der Waals surface area contributed by atoms with Gasteiger partial charge in [0, 0.05) is 37.8 Å². The Morgan fingerprint density at radius 1 is 1.12 bits per heavy atom. The van der Waals surface area contributed by atoms with Crippen molar-refractivity contribution in [1.82, 2.24) is 9.29 Å². The number of sulfonamides is 1. The lowest BCUT2D eigenvalue weighted by Gasteiger charge is -2.25. The minimum atomic E-state index is -3.15. The van der Waals surface area contributed by atoms with Crippen LogP contribution in [0.25, 0.3) is 0 Å². The number of pyridine rings is 1. The Bertz CT molecular complexity index is 869. The van der Waals surface area contributed by atoms with Crippen molar-refractivity contribution in [1.29, 1.82) is 0 Å². The van der Waals surface area contributed by atoms with Crippen LogP contribution in [-0.2, 0) is 22.0 Å². The molecule has 0 bridgehead atoms. The van der Waals surface area contributed by atoms with E-state index in [0.29, 0.717) is 13.1 Å². The molecule has 3 heterocycles. The van der Waals surface area contributed by atoms with Crippen molar-refractivity contribution in [2.45, 2.75) is 25.3 Å². The number of hydrogen-bond acceptors (Lipinski definition) is 4. The largest absolute Gasteiger partial charge is 0.365 e. The predicted octanol–water partition coefficient (Wildman–Crippen LogP) is 2.40. The number of benzene rings is 1. The van der Waals surface area contributed by atoms with Crippen molar-refractivity contribution in [3.8, 4) is 0 Å². The third-order valence-corrected chi connectivity index (χ3v) is 7.24. The molecule has 0 amide bonds. The Labute approximate surface area is 149 Å². The molecule has 1 spiro atoms. The van der Waals surface area contributed by atoms with Crippen LogP contribution in [0.3, 0.4) is 0 Å². The topological polar surface area (TPSA) is 53.5 Å². The van der Waals surface area contributed by atoms with Crippen LogP contribution in [0.1, 0.15) is 24.6 Å². The van der Waals surface area contributed by atoms with Crippen molar-refractivity contribution >= 4 is 15.7 Å². The summed E-state index contributed by atoms with van der Waals surface area (Å²) in [6, 6.07) is 14.5. The van der Waals surface area contributed by atoms with Crippen LogP contribution in [0.4, 0.5) is 5.69 Å². The number of nitrogens with zero attached hydrogens (tertiary/aromatic N) is 3. The lowest BCUT2D eigenvalue weighted by atomic mass is 9.85. The van der Waals surface area contributed by atoms with E-state index in [2.05, 4.69) is 40.2 Å². The Balaban J connectivity index is 1.65. The molecule has 1 aromatic carbocycles. The van der Waals surface area contributed by atoms with E-state index < -0.39 is 10.0 Å². The van der Waals surface area contributed by atoms with Gasteiger partial charge in [-0.15, -0.1) is 0 Å². The number of fused-ring (bicyclic) bond motifs is 2. The van der Waals surface area contributed by atoms with Crippen LogP contribution in [0, 0.1) is 0 Å². The van der Waals surface area contributed by atoms with Crippen molar-refractivity contribution < 1.29 is 8.42 Å². The van der Waals surface area contributed by atoms with Gasteiger partial charge in [0.2, 0.25) is 10.0 Å². The highest BCUT2D eigenvalue weighted by Gasteiger charge is 2.50. The summed E-state index contributed by atoms with van der Waals surface area (Å²) in [5.41, 5.74) is 3.26. The van der Waals surface area contributed by atoms with E-state index in [4.69, 9.17) is 0 Å². The zero-order valence-corrected chi connectivity index (χ0v) is 15.2. The second kappa shape index (κ2) is 6.11. The summed E-state index contributed by atoms with van der Waals surface area (Å²) in [5, 5.41) is 0. The molecule has 0 radical (unpaired) electrons. The molecular formula is C19H23N3O2S. The molecule has 1 aromatic heterocycles. The third-order valence-electron chi connectivity index (χ3n) is 5.42. The van der Waals surface area contributed by atoms with Gasteiger partial charge in [0.05, 0.1) is 17.1 Å².